The van der Waals surface area contributed by atoms with E-state index in [2.05, 4.69) is 48.5 Å². The number of nitrogens with zero attached hydrogens (tertiary/aromatic N) is 1. The van der Waals surface area contributed by atoms with Crippen molar-refractivity contribution in [2.24, 2.45) is 0 Å². The van der Waals surface area contributed by atoms with Crippen LogP contribution < -0.4 is 5.32 Å². The zero-order valence-electron chi connectivity index (χ0n) is 14.3. The molecular formula is C19H28N2O2. The predicted molar refractivity (Wildman–Crippen MR) is 94.2 cm³/mol. The minimum atomic E-state index is -0.313. The van der Waals surface area contributed by atoms with Crippen molar-refractivity contribution in [2.45, 2.75) is 45.3 Å². The maximum absolute atomic E-state index is 11.8. The van der Waals surface area contributed by atoms with Crippen LogP contribution in [0.4, 0.5) is 4.79 Å². The summed E-state index contributed by atoms with van der Waals surface area (Å²) in [6, 6.07) is 8.24. The fourth-order valence-corrected chi connectivity index (χ4v) is 2.60. The molecule has 0 spiro atoms. The van der Waals surface area contributed by atoms with E-state index in [4.69, 9.17) is 4.74 Å². The lowest BCUT2D eigenvalue weighted by molar-refractivity contribution is 0.0569. The molecule has 0 bridgehead atoms. The van der Waals surface area contributed by atoms with Gasteiger partial charge in [0, 0.05) is 19.6 Å². The standard InChI is InChI=1S/C19H28N2O2/c1-3-4-5-6-16-7-9-17(10-8-16)15-20-19(22)23-18-11-13-21(2)14-12-18/h5-10,18H,3-4,11-15H2,1-2H3,(H,20,22). The van der Waals surface area contributed by atoms with Crippen molar-refractivity contribution in [2.75, 3.05) is 20.1 Å². The van der Waals surface area contributed by atoms with Gasteiger partial charge in [0.05, 0.1) is 0 Å². The van der Waals surface area contributed by atoms with E-state index in [1.807, 2.05) is 12.1 Å². The lowest BCUT2D eigenvalue weighted by Crippen LogP contribution is -2.37. The normalized spacial score (nSPS) is 16.6. The van der Waals surface area contributed by atoms with Crippen LogP contribution in [0.2, 0.25) is 0 Å². The van der Waals surface area contributed by atoms with E-state index in [-0.39, 0.29) is 12.2 Å². The van der Waals surface area contributed by atoms with Gasteiger partial charge in [-0.1, -0.05) is 49.8 Å². The second-order valence-corrected chi connectivity index (χ2v) is 6.19. The Labute approximate surface area is 139 Å². The molecule has 1 aliphatic heterocycles. The average molecular weight is 316 g/mol. The van der Waals surface area contributed by atoms with Crippen molar-refractivity contribution < 1.29 is 9.53 Å². The highest BCUT2D eigenvalue weighted by Crippen LogP contribution is 2.12. The molecule has 23 heavy (non-hydrogen) atoms. The van der Waals surface area contributed by atoms with Gasteiger partial charge in [-0.3, -0.25) is 0 Å². The molecule has 1 aliphatic rings. The number of alkyl carbamates (subject to hydrolysis) is 1. The van der Waals surface area contributed by atoms with Crippen molar-refractivity contribution in [1.29, 1.82) is 0 Å². The van der Waals surface area contributed by atoms with Gasteiger partial charge in [-0.05, 0) is 37.4 Å². The van der Waals surface area contributed by atoms with Gasteiger partial charge in [0.25, 0.3) is 0 Å². The molecule has 0 atom stereocenters. The molecular weight excluding hydrogens is 288 g/mol. The third-order valence-electron chi connectivity index (χ3n) is 4.12. The maximum atomic E-state index is 11.8. The Kier molecular flexibility index (Phi) is 7.14. The number of rotatable bonds is 6. The second kappa shape index (κ2) is 9.36. The summed E-state index contributed by atoms with van der Waals surface area (Å²) in [5, 5.41) is 2.84. The summed E-state index contributed by atoms with van der Waals surface area (Å²) in [6.45, 7) is 4.66. The number of amides is 1. The molecule has 0 radical (unpaired) electrons. The van der Waals surface area contributed by atoms with Gasteiger partial charge in [-0.25, -0.2) is 4.79 Å². The highest BCUT2D eigenvalue weighted by molar-refractivity contribution is 5.67. The topological polar surface area (TPSA) is 41.6 Å². The first-order valence-corrected chi connectivity index (χ1v) is 8.56. The molecule has 1 fully saturated rings. The molecule has 0 aromatic heterocycles. The summed E-state index contributed by atoms with van der Waals surface area (Å²) < 4.78 is 5.46. The number of ether oxygens (including phenoxy) is 1. The quantitative estimate of drug-likeness (QED) is 0.867. The summed E-state index contributed by atoms with van der Waals surface area (Å²) in [6.07, 6.45) is 8.17. The molecule has 0 unspecified atom stereocenters. The molecule has 1 N–H and O–H groups in total. The van der Waals surface area contributed by atoms with E-state index in [0.29, 0.717) is 6.54 Å². The van der Waals surface area contributed by atoms with Crippen LogP contribution in [0.15, 0.2) is 30.3 Å². The smallest absolute Gasteiger partial charge is 0.407 e. The van der Waals surface area contributed by atoms with Gasteiger partial charge in [0.1, 0.15) is 6.10 Å². The third kappa shape index (κ3) is 6.45. The van der Waals surface area contributed by atoms with Gasteiger partial charge in [-0.2, -0.15) is 0 Å². The van der Waals surface area contributed by atoms with Crippen molar-refractivity contribution in [1.82, 2.24) is 10.2 Å². The molecule has 4 nitrogen and oxygen atoms in total. The summed E-state index contributed by atoms with van der Waals surface area (Å²) in [5.74, 6) is 0. The first kappa shape index (κ1) is 17.5. The molecule has 4 heteroatoms. The molecule has 1 amide bonds. The number of likely N-dealkylation sites (tertiary alicyclic amines) is 1. The first-order chi connectivity index (χ1) is 11.2. The number of unbranched alkanes of at least 4 members (excludes halogenated alkanes) is 1. The first-order valence-electron chi connectivity index (χ1n) is 8.56. The van der Waals surface area contributed by atoms with Crippen LogP contribution in [0.3, 0.4) is 0 Å². The molecule has 1 aromatic carbocycles. The SMILES string of the molecule is CCCC=Cc1ccc(CNC(=O)OC2CCN(C)CC2)cc1. The van der Waals surface area contributed by atoms with E-state index < -0.39 is 0 Å². The van der Waals surface area contributed by atoms with Gasteiger partial charge in [-0.15, -0.1) is 0 Å². The van der Waals surface area contributed by atoms with Crippen LogP contribution in [-0.4, -0.2) is 37.2 Å². The summed E-state index contributed by atoms with van der Waals surface area (Å²) in [4.78, 5) is 14.1. The monoisotopic (exact) mass is 316 g/mol. The van der Waals surface area contributed by atoms with E-state index in [1.54, 1.807) is 0 Å². The van der Waals surface area contributed by atoms with Gasteiger partial charge in [0.2, 0.25) is 0 Å². The van der Waals surface area contributed by atoms with Gasteiger partial charge < -0.3 is 15.0 Å². The third-order valence-corrected chi connectivity index (χ3v) is 4.12. The van der Waals surface area contributed by atoms with Crippen LogP contribution in [0, 0.1) is 0 Å². The number of nitrogens with one attached hydrogen (secondary N) is 1. The average Bonchev–Trinajstić information content (AvgIpc) is 2.56. The van der Waals surface area contributed by atoms with E-state index in [1.165, 1.54) is 5.56 Å². The van der Waals surface area contributed by atoms with Crippen LogP contribution in [-0.2, 0) is 11.3 Å². The van der Waals surface area contributed by atoms with Crippen molar-refractivity contribution >= 4 is 12.2 Å². The highest BCUT2D eigenvalue weighted by Gasteiger charge is 2.19. The van der Waals surface area contributed by atoms with Crippen molar-refractivity contribution in [3.63, 3.8) is 0 Å². The molecule has 1 heterocycles. The summed E-state index contributed by atoms with van der Waals surface area (Å²) >= 11 is 0. The summed E-state index contributed by atoms with van der Waals surface area (Å²) in [7, 11) is 2.09. The fourth-order valence-electron chi connectivity index (χ4n) is 2.60. The summed E-state index contributed by atoms with van der Waals surface area (Å²) in [5.41, 5.74) is 2.27. The van der Waals surface area contributed by atoms with Crippen molar-refractivity contribution in [3.05, 3.63) is 41.5 Å². The lowest BCUT2D eigenvalue weighted by atomic mass is 10.1. The number of piperidine rings is 1. The number of allylic oxidation sites excluding steroid dienone is 1. The Morgan fingerprint density at radius 3 is 2.65 bits per heavy atom. The van der Waals surface area contributed by atoms with Crippen LogP contribution in [0.5, 0.6) is 0 Å². The molecule has 0 saturated carbocycles. The Morgan fingerprint density at radius 1 is 1.30 bits per heavy atom. The lowest BCUT2D eigenvalue weighted by Gasteiger charge is -2.28. The number of benzene rings is 1. The largest absolute Gasteiger partial charge is 0.446 e. The number of carbonyl (C=O) groups is 1. The zero-order valence-corrected chi connectivity index (χ0v) is 14.3. The number of carbonyl (C=O) groups excluding carboxylic acids is 1. The second-order valence-electron chi connectivity index (χ2n) is 6.19. The van der Waals surface area contributed by atoms with Crippen LogP contribution in [0.1, 0.15) is 43.7 Å². The van der Waals surface area contributed by atoms with Crippen LogP contribution in [0.25, 0.3) is 6.08 Å². The fraction of sp³-hybridized carbons (Fsp3) is 0.526. The Balaban J connectivity index is 1.71. The molecule has 0 aliphatic carbocycles. The van der Waals surface area contributed by atoms with E-state index >= 15 is 0 Å². The highest BCUT2D eigenvalue weighted by atomic mass is 16.6. The molecule has 126 valence electrons. The Morgan fingerprint density at radius 2 is 2.00 bits per heavy atom. The molecule has 1 aromatic rings. The maximum Gasteiger partial charge on any atom is 0.407 e. The van der Waals surface area contributed by atoms with Crippen LogP contribution >= 0.6 is 0 Å². The van der Waals surface area contributed by atoms with Gasteiger partial charge >= 0.3 is 6.09 Å². The number of hydrogen-bond acceptors (Lipinski definition) is 3. The number of hydrogen-bond donors (Lipinski definition) is 1. The predicted octanol–water partition coefficient (Wildman–Crippen LogP) is 3.82. The zero-order chi connectivity index (χ0) is 16.5. The minimum absolute atomic E-state index is 0.0530. The van der Waals surface area contributed by atoms with E-state index in [0.717, 1.165) is 44.3 Å². The Bertz CT molecular complexity index is 503. The minimum Gasteiger partial charge on any atom is -0.446 e. The Hall–Kier alpha value is -1.81. The van der Waals surface area contributed by atoms with Gasteiger partial charge in [0.15, 0.2) is 0 Å². The molecule has 1 saturated heterocycles. The van der Waals surface area contributed by atoms with Crippen molar-refractivity contribution in [3.8, 4) is 0 Å². The van der Waals surface area contributed by atoms with E-state index in [9.17, 15) is 4.79 Å². The molecule has 2 rings (SSSR count).